The maximum absolute atomic E-state index is 4.17. The molecule has 88 valence electrons. The molecule has 17 heavy (non-hydrogen) atoms. The first kappa shape index (κ1) is 11.8. The number of nitrogens with zero attached hydrogens (tertiary/aromatic N) is 1. The summed E-state index contributed by atoms with van der Waals surface area (Å²) in [6.45, 7) is 4.40. The Balaban J connectivity index is 1.92. The summed E-state index contributed by atoms with van der Waals surface area (Å²) < 4.78 is 0. The van der Waals surface area contributed by atoms with Gasteiger partial charge in [-0.15, -0.1) is 0 Å². The third-order valence-electron chi connectivity index (χ3n) is 3.24. The van der Waals surface area contributed by atoms with E-state index in [0.29, 0.717) is 5.92 Å². The number of benzene rings is 1. The molecule has 1 aromatic carbocycles. The van der Waals surface area contributed by atoms with Crippen molar-refractivity contribution in [3.63, 3.8) is 0 Å². The highest BCUT2D eigenvalue weighted by atomic mass is 14.6. The number of pyridine rings is 1. The molecule has 0 radical (unpaired) electrons. The lowest BCUT2D eigenvalue weighted by molar-refractivity contribution is 0.677. The average molecular weight is 225 g/mol. The summed E-state index contributed by atoms with van der Waals surface area (Å²) in [5.41, 5.74) is 4.08. The quantitative estimate of drug-likeness (QED) is 0.762. The molecule has 2 aromatic rings. The highest BCUT2D eigenvalue weighted by Crippen LogP contribution is 2.20. The standard InChI is InChI=1S/C16H19N/c1-13-5-8-15(9-6-13)10-7-14(2)16-4-3-11-17-12-16/h3-6,8-9,11-12,14H,7,10H2,1-2H3. The smallest absolute Gasteiger partial charge is 0.0302 e. The monoisotopic (exact) mass is 225 g/mol. The summed E-state index contributed by atoms with van der Waals surface area (Å²) in [6, 6.07) is 13.0. The van der Waals surface area contributed by atoms with Gasteiger partial charge in [0.05, 0.1) is 0 Å². The van der Waals surface area contributed by atoms with Crippen molar-refractivity contribution in [2.24, 2.45) is 0 Å². The summed E-state index contributed by atoms with van der Waals surface area (Å²) in [7, 11) is 0. The molecule has 1 heterocycles. The van der Waals surface area contributed by atoms with E-state index in [-0.39, 0.29) is 0 Å². The Morgan fingerprint density at radius 1 is 1.12 bits per heavy atom. The zero-order valence-electron chi connectivity index (χ0n) is 10.6. The lowest BCUT2D eigenvalue weighted by atomic mass is 9.95. The first-order valence-corrected chi connectivity index (χ1v) is 6.21. The van der Waals surface area contributed by atoms with E-state index < -0.39 is 0 Å². The number of aryl methyl sites for hydroxylation is 2. The first-order valence-electron chi connectivity index (χ1n) is 6.21. The molecule has 0 saturated heterocycles. The molecule has 0 amide bonds. The molecule has 0 saturated carbocycles. The molecule has 0 bridgehead atoms. The fourth-order valence-electron chi connectivity index (χ4n) is 1.97. The second-order valence-electron chi connectivity index (χ2n) is 4.71. The van der Waals surface area contributed by atoms with Crippen LogP contribution in [0.2, 0.25) is 0 Å². The van der Waals surface area contributed by atoms with Crippen molar-refractivity contribution >= 4 is 0 Å². The molecule has 1 heteroatoms. The Morgan fingerprint density at radius 3 is 2.53 bits per heavy atom. The van der Waals surface area contributed by atoms with E-state index in [4.69, 9.17) is 0 Å². The first-order chi connectivity index (χ1) is 8.25. The molecular formula is C16H19N. The van der Waals surface area contributed by atoms with Gasteiger partial charge in [0, 0.05) is 12.4 Å². The molecule has 0 aliphatic carbocycles. The fraction of sp³-hybridized carbons (Fsp3) is 0.312. The van der Waals surface area contributed by atoms with Crippen molar-refractivity contribution in [1.82, 2.24) is 4.98 Å². The summed E-state index contributed by atoms with van der Waals surface area (Å²) >= 11 is 0. The van der Waals surface area contributed by atoms with Gasteiger partial charge in [0.2, 0.25) is 0 Å². The largest absolute Gasteiger partial charge is 0.264 e. The minimum atomic E-state index is 0.574. The molecule has 0 N–H and O–H groups in total. The van der Waals surface area contributed by atoms with Gasteiger partial charge in [-0.05, 0) is 42.9 Å². The lowest BCUT2D eigenvalue weighted by Gasteiger charge is -2.11. The van der Waals surface area contributed by atoms with E-state index >= 15 is 0 Å². The summed E-state index contributed by atoms with van der Waals surface area (Å²) in [5.74, 6) is 0.574. The summed E-state index contributed by atoms with van der Waals surface area (Å²) in [5, 5.41) is 0. The SMILES string of the molecule is Cc1ccc(CCC(C)c2cccnc2)cc1. The van der Waals surface area contributed by atoms with Gasteiger partial charge in [0.1, 0.15) is 0 Å². The minimum Gasteiger partial charge on any atom is -0.264 e. The van der Waals surface area contributed by atoms with Gasteiger partial charge in [-0.2, -0.15) is 0 Å². The fourth-order valence-corrected chi connectivity index (χ4v) is 1.97. The maximum Gasteiger partial charge on any atom is 0.0302 e. The highest BCUT2D eigenvalue weighted by molar-refractivity contribution is 5.22. The van der Waals surface area contributed by atoms with Crippen LogP contribution in [0.1, 0.15) is 36.0 Å². The molecule has 0 spiro atoms. The van der Waals surface area contributed by atoms with E-state index in [0.717, 1.165) is 6.42 Å². The van der Waals surface area contributed by atoms with Crippen LogP contribution in [0.25, 0.3) is 0 Å². The number of aromatic nitrogens is 1. The summed E-state index contributed by atoms with van der Waals surface area (Å²) in [6.07, 6.45) is 6.11. The molecular weight excluding hydrogens is 206 g/mol. The zero-order valence-corrected chi connectivity index (χ0v) is 10.6. The molecule has 1 atom stereocenters. The molecule has 1 nitrogen and oxygen atoms in total. The van der Waals surface area contributed by atoms with Crippen LogP contribution in [0, 0.1) is 6.92 Å². The second kappa shape index (κ2) is 5.62. The van der Waals surface area contributed by atoms with Gasteiger partial charge in [-0.3, -0.25) is 4.98 Å². The highest BCUT2D eigenvalue weighted by Gasteiger charge is 2.05. The predicted molar refractivity (Wildman–Crippen MR) is 72.2 cm³/mol. The van der Waals surface area contributed by atoms with Crippen LogP contribution in [-0.4, -0.2) is 4.98 Å². The van der Waals surface area contributed by atoms with Gasteiger partial charge in [-0.25, -0.2) is 0 Å². The van der Waals surface area contributed by atoms with Crippen LogP contribution in [0.4, 0.5) is 0 Å². The third kappa shape index (κ3) is 3.42. The molecule has 2 rings (SSSR count). The Hall–Kier alpha value is -1.63. The van der Waals surface area contributed by atoms with Crippen LogP contribution in [-0.2, 0) is 6.42 Å². The molecule has 1 aromatic heterocycles. The average Bonchev–Trinajstić information content (AvgIpc) is 2.39. The van der Waals surface area contributed by atoms with Crippen molar-refractivity contribution in [1.29, 1.82) is 0 Å². The zero-order chi connectivity index (χ0) is 12.1. The van der Waals surface area contributed by atoms with Crippen LogP contribution in [0.3, 0.4) is 0 Å². The van der Waals surface area contributed by atoms with Crippen LogP contribution >= 0.6 is 0 Å². The van der Waals surface area contributed by atoms with Crippen LogP contribution < -0.4 is 0 Å². The van der Waals surface area contributed by atoms with Gasteiger partial charge < -0.3 is 0 Å². The predicted octanol–water partition coefficient (Wildman–Crippen LogP) is 4.13. The lowest BCUT2D eigenvalue weighted by Crippen LogP contribution is -1.97. The van der Waals surface area contributed by atoms with Crippen LogP contribution in [0.15, 0.2) is 48.8 Å². The van der Waals surface area contributed by atoms with Gasteiger partial charge in [0.15, 0.2) is 0 Å². The second-order valence-corrected chi connectivity index (χ2v) is 4.71. The topological polar surface area (TPSA) is 12.9 Å². The number of rotatable bonds is 4. The Labute approximate surface area is 104 Å². The summed E-state index contributed by atoms with van der Waals surface area (Å²) in [4.78, 5) is 4.17. The Bertz CT molecular complexity index is 445. The van der Waals surface area contributed by atoms with E-state index in [2.05, 4.69) is 49.2 Å². The maximum atomic E-state index is 4.17. The van der Waals surface area contributed by atoms with Crippen molar-refractivity contribution in [2.45, 2.75) is 32.6 Å². The Morgan fingerprint density at radius 2 is 1.88 bits per heavy atom. The van der Waals surface area contributed by atoms with Gasteiger partial charge >= 0.3 is 0 Å². The van der Waals surface area contributed by atoms with Crippen molar-refractivity contribution in [2.75, 3.05) is 0 Å². The Kier molecular flexibility index (Phi) is 3.92. The van der Waals surface area contributed by atoms with Crippen molar-refractivity contribution in [3.8, 4) is 0 Å². The van der Waals surface area contributed by atoms with Gasteiger partial charge in [0.25, 0.3) is 0 Å². The van der Waals surface area contributed by atoms with Gasteiger partial charge in [-0.1, -0.05) is 42.8 Å². The number of hydrogen-bond acceptors (Lipinski definition) is 1. The van der Waals surface area contributed by atoms with E-state index in [1.165, 1.54) is 23.1 Å². The normalized spacial score (nSPS) is 12.4. The molecule has 1 unspecified atom stereocenters. The minimum absolute atomic E-state index is 0.574. The van der Waals surface area contributed by atoms with E-state index in [1.807, 2.05) is 18.5 Å². The van der Waals surface area contributed by atoms with Crippen LogP contribution in [0.5, 0.6) is 0 Å². The van der Waals surface area contributed by atoms with Crippen molar-refractivity contribution in [3.05, 3.63) is 65.5 Å². The molecule has 0 aliphatic rings. The van der Waals surface area contributed by atoms with E-state index in [9.17, 15) is 0 Å². The number of hydrogen-bond donors (Lipinski definition) is 0. The third-order valence-corrected chi connectivity index (χ3v) is 3.24. The molecule has 0 fully saturated rings. The van der Waals surface area contributed by atoms with Crippen molar-refractivity contribution < 1.29 is 0 Å². The molecule has 0 aliphatic heterocycles. The van der Waals surface area contributed by atoms with E-state index in [1.54, 1.807) is 0 Å².